The second-order valence-electron chi connectivity index (χ2n) is 2.11. The molecule has 0 saturated carbocycles. The number of para-hydroxylation sites is 1. The van der Waals surface area contributed by atoms with Gasteiger partial charge >= 0.3 is 62.6 Å². The van der Waals surface area contributed by atoms with Crippen LogP contribution < -0.4 is 71.7 Å². The number of carboxylic acid groups (broad SMARTS) is 1. The smallest absolute Gasteiger partial charge is 0.907 e. The minimum absolute atomic E-state index is 0. The summed E-state index contributed by atoms with van der Waals surface area (Å²) in [6, 6.07) is 5.81. The normalized spacial score (nSPS) is 7.00. The minimum Gasteiger partial charge on any atom is -0.907 e. The van der Waals surface area contributed by atoms with E-state index in [9.17, 15) is 4.79 Å². The second-order valence-corrected chi connectivity index (χ2v) is 2.11. The molecule has 2 N–H and O–H groups in total. The summed E-state index contributed by atoms with van der Waals surface area (Å²) in [5, 5.41) is 42.6. The summed E-state index contributed by atoms with van der Waals surface area (Å²) < 4.78 is 0. The molecule has 0 aliphatic rings. The Kier molecular flexibility index (Phi) is 21.8. The number of hydrogen-bond acceptors (Lipinski definition) is 5. The van der Waals surface area contributed by atoms with Gasteiger partial charge in [-0.15, -0.1) is 0 Å². The molecule has 1 aromatic carbocycles. The fraction of sp³-hybridized carbons (Fsp3) is 0. The Morgan fingerprint density at radius 3 is 1.65 bits per heavy atom. The van der Waals surface area contributed by atoms with E-state index in [4.69, 9.17) is 25.3 Å². The van der Waals surface area contributed by atoms with E-state index < -0.39 is 13.3 Å². The first-order chi connectivity index (χ1) is 6.45. The SMILES string of the molecule is O=C(O)c1ccccc1O.[Li+].[Li+].[Li+].[O-]B([O-])[O-]. The summed E-state index contributed by atoms with van der Waals surface area (Å²) in [7, 11) is -2.92. The van der Waals surface area contributed by atoms with E-state index in [2.05, 4.69) is 0 Å². The van der Waals surface area contributed by atoms with Crippen molar-refractivity contribution in [3.63, 3.8) is 0 Å². The quantitative estimate of drug-likeness (QED) is 0.450. The van der Waals surface area contributed by atoms with Gasteiger partial charge in [0.25, 0.3) is 0 Å². The molecule has 0 spiro atoms. The van der Waals surface area contributed by atoms with Gasteiger partial charge in [0.15, 0.2) is 0 Å². The third-order valence-corrected chi connectivity index (χ3v) is 1.13. The molecule has 0 aliphatic heterocycles. The summed E-state index contributed by atoms with van der Waals surface area (Å²) in [5.74, 6) is -1.31. The first kappa shape index (κ1) is 25.9. The van der Waals surface area contributed by atoms with Crippen molar-refractivity contribution < 1.29 is 86.7 Å². The third-order valence-electron chi connectivity index (χ3n) is 1.13. The molecule has 0 fully saturated rings. The predicted octanol–water partition coefficient (Wildman–Crippen LogP) is -11.8. The van der Waals surface area contributed by atoms with Crippen LogP contribution in [0, 0.1) is 0 Å². The number of benzene rings is 1. The molecule has 0 radical (unpaired) electrons. The zero-order valence-corrected chi connectivity index (χ0v) is 9.91. The fourth-order valence-corrected chi connectivity index (χ4v) is 0.654. The Balaban J connectivity index is -0.000000108. The molecule has 0 atom stereocenters. The largest absolute Gasteiger partial charge is 1.00 e. The van der Waals surface area contributed by atoms with Crippen LogP contribution in [0.4, 0.5) is 0 Å². The van der Waals surface area contributed by atoms with E-state index in [1.54, 1.807) is 12.1 Å². The number of carbonyl (C=O) groups is 1. The van der Waals surface area contributed by atoms with Crippen molar-refractivity contribution in [2.75, 3.05) is 0 Å². The van der Waals surface area contributed by atoms with Crippen LogP contribution in [0.15, 0.2) is 24.3 Å². The molecule has 0 heterocycles. The molecule has 76 valence electrons. The number of rotatable bonds is 1. The molecular formula is C7H6BLi3O6. The van der Waals surface area contributed by atoms with Crippen LogP contribution >= 0.6 is 0 Å². The van der Waals surface area contributed by atoms with Crippen LogP contribution in [0.25, 0.3) is 0 Å². The van der Waals surface area contributed by atoms with Gasteiger partial charge in [-0.25, -0.2) is 4.79 Å². The molecule has 0 unspecified atom stereocenters. The minimum atomic E-state index is -2.92. The molecule has 0 aromatic heterocycles. The number of phenols is 1. The van der Waals surface area contributed by atoms with Gasteiger partial charge < -0.3 is 25.3 Å². The number of aromatic carboxylic acids is 1. The van der Waals surface area contributed by atoms with E-state index in [-0.39, 0.29) is 67.9 Å². The van der Waals surface area contributed by atoms with Crippen molar-refractivity contribution in [2.24, 2.45) is 0 Å². The Labute approximate surface area is 135 Å². The Hall–Kier alpha value is 0.227. The van der Waals surface area contributed by atoms with Gasteiger partial charge in [0.2, 0.25) is 0 Å². The third kappa shape index (κ3) is 14.2. The number of carboxylic acids is 1. The van der Waals surface area contributed by atoms with Crippen LogP contribution in [0.3, 0.4) is 0 Å². The maximum absolute atomic E-state index is 10.3. The molecule has 0 saturated heterocycles. The van der Waals surface area contributed by atoms with Crippen molar-refractivity contribution in [1.29, 1.82) is 0 Å². The molecule has 1 rings (SSSR count). The van der Waals surface area contributed by atoms with E-state index >= 15 is 0 Å². The van der Waals surface area contributed by atoms with Gasteiger partial charge in [0, 0.05) is 0 Å². The van der Waals surface area contributed by atoms with Crippen molar-refractivity contribution in [1.82, 2.24) is 0 Å². The van der Waals surface area contributed by atoms with Gasteiger partial charge in [-0.05, 0) is 12.1 Å². The Bertz CT molecular complexity index is 309. The summed E-state index contributed by atoms with van der Waals surface area (Å²) in [4.78, 5) is 10.3. The summed E-state index contributed by atoms with van der Waals surface area (Å²) in [6.07, 6.45) is 0. The predicted molar refractivity (Wildman–Crippen MR) is 40.8 cm³/mol. The van der Waals surface area contributed by atoms with Crippen LogP contribution in [0.2, 0.25) is 0 Å². The van der Waals surface area contributed by atoms with Crippen molar-refractivity contribution >= 4 is 13.3 Å². The first-order valence-electron chi connectivity index (χ1n) is 3.44. The zero-order chi connectivity index (χ0) is 11.1. The molecule has 10 heteroatoms. The van der Waals surface area contributed by atoms with E-state index in [0.717, 1.165) is 0 Å². The molecular weight excluding hydrogens is 212 g/mol. The van der Waals surface area contributed by atoms with Crippen LogP contribution in [0.5, 0.6) is 5.75 Å². The van der Waals surface area contributed by atoms with Crippen LogP contribution in [-0.2, 0) is 0 Å². The number of aromatic hydroxyl groups is 1. The summed E-state index contributed by atoms with van der Waals surface area (Å²) in [5.41, 5.74) is -0.0671. The van der Waals surface area contributed by atoms with Crippen molar-refractivity contribution in [2.45, 2.75) is 0 Å². The van der Waals surface area contributed by atoms with Crippen LogP contribution in [-0.4, -0.2) is 23.5 Å². The standard InChI is InChI=1S/C7H6O3.BO3.3Li/c8-6-4-2-1-3-5(6)7(9)10;2-1(3)4;;;/h1-4,8H,(H,9,10);;;;/q;-3;3*+1. The number of hydrogen-bond donors (Lipinski definition) is 2. The topological polar surface area (TPSA) is 127 Å². The van der Waals surface area contributed by atoms with Crippen LogP contribution in [0.1, 0.15) is 10.4 Å². The van der Waals surface area contributed by atoms with Crippen molar-refractivity contribution in [3.05, 3.63) is 29.8 Å². The average molecular weight is 218 g/mol. The monoisotopic (exact) mass is 218 g/mol. The fourth-order valence-electron chi connectivity index (χ4n) is 0.654. The van der Waals surface area contributed by atoms with Gasteiger partial charge in [0.05, 0.1) is 0 Å². The van der Waals surface area contributed by atoms with Gasteiger partial charge in [-0.2, -0.15) is 0 Å². The Morgan fingerprint density at radius 1 is 1.06 bits per heavy atom. The molecule has 0 aliphatic carbocycles. The van der Waals surface area contributed by atoms with E-state index in [1.165, 1.54) is 12.1 Å². The summed E-state index contributed by atoms with van der Waals surface area (Å²) >= 11 is 0. The van der Waals surface area contributed by atoms with Gasteiger partial charge in [-0.1, -0.05) is 12.1 Å². The van der Waals surface area contributed by atoms with E-state index in [1.807, 2.05) is 0 Å². The molecule has 1 aromatic rings. The molecule has 6 nitrogen and oxygen atoms in total. The van der Waals surface area contributed by atoms with Gasteiger partial charge in [0.1, 0.15) is 11.3 Å². The Morgan fingerprint density at radius 2 is 1.41 bits per heavy atom. The maximum atomic E-state index is 10.3. The van der Waals surface area contributed by atoms with Gasteiger partial charge in [-0.3, -0.25) is 7.32 Å². The molecule has 0 bridgehead atoms. The second kappa shape index (κ2) is 14.3. The van der Waals surface area contributed by atoms with Crippen molar-refractivity contribution in [3.8, 4) is 5.75 Å². The molecule has 17 heavy (non-hydrogen) atoms. The van der Waals surface area contributed by atoms with E-state index in [0.29, 0.717) is 0 Å². The maximum Gasteiger partial charge on any atom is 1.00 e. The first-order valence-corrected chi connectivity index (χ1v) is 3.44. The molecule has 0 amide bonds. The summed E-state index contributed by atoms with van der Waals surface area (Å²) in [6.45, 7) is 0. The zero-order valence-electron chi connectivity index (χ0n) is 9.91. The average Bonchev–Trinajstić information content (AvgIpc) is 2.03.